The van der Waals surface area contributed by atoms with Crippen LogP contribution in [0.15, 0.2) is 36.4 Å². The molecule has 0 bridgehead atoms. The Morgan fingerprint density at radius 2 is 1.26 bits per heavy atom. The molecule has 1 unspecified atom stereocenters. The lowest BCUT2D eigenvalue weighted by Gasteiger charge is -2.49. The quantitative estimate of drug-likeness (QED) is 0.502. The molecule has 0 aromatic heterocycles. The van der Waals surface area contributed by atoms with Gasteiger partial charge in [0.15, 0.2) is 0 Å². The van der Waals surface area contributed by atoms with E-state index in [0.717, 1.165) is 36.8 Å². The molecule has 1 fully saturated rings. The van der Waals surface area contributed by atoms with E-state index < -0.39 is 0 Å². The molecule has 1 aliphatic rings. The normalized spacial score (nSPS) is 20.4. The van der Waals surface area contributed by atoms with E-state index in [0.29, 0.717) is 29.3 Å². The Bertz CT molecular complexity index is 847. The minimum Gasteiger partial charge on any atom is -0.508 e. The van der Waals surface area contributed by atoms with E-state index >= 15 is 0 Å². The molecule has 1 saturated carbocycles. The van der Waals surface area contributed by atoms with Crippen LogP contribution in [0, 0.1) is 23.2 Å². The fourth-order valence-corrected chi connectivity index (χ4v) is 6.15. The lowest BCUT2D eigenvalue weighted by molar-refractivity contribution is 0.126. The van der Waals surface area contributed by atoms with E-state index in [1.54, 1.807) is 0 Å². The van der Waals surface area contributed by atoms with E-state index in [-0.39, 0.29) is 10.8 Å². The monoisotopic (exact) mass is 422 g/mol. The number of hydrogen-bond donors (Lipinski definition) is 2. The molecule has 3 rings (SSSR count). The van der Waals surface area contributed by atoms with Crippen LogP contribution in [0.25, 0.3) is 0 Å². The van der Waals surface area contributed by atoms with Gasteiger partial charge in [0.05, 0.1) is 0 Å². The molecular weight excluding hydrogens is 380 g/mol. The van der Waals surface area contributed by atoms with Gasteiger partial charge in [-0.1, -0.05) is 72.7 Å². The van der Waals surface area contributed by atoms with Crippen LogP contribution in [-0.2, 0) is 18.3 Å². The highest BCUT2D eigenvalue weighted by Gasteiger charge is 2.45. The second-order valence-electron chi connectivity index (χ2n) is 11.8. The zero-order valence-corrected chi connectivity index (χ0v) is 20.6. The van der Waals surface area contributed by atoms with E-state index in [9.17, 15) is 10.2 Å². The zero-order valence-electron chi connectivity index (χ0n) is 20.6. The van der Waals surface area contributed by atoms with Gasteiger partial charge in [0, 0.05) is 5.41 Å². The molecule has 0 saturated heterocycles. The molecule has 2 aromatic carbocycles. The standard InChI is InChI=1S/C29H42O2/c1-19(2)12-22-14-24(8-10-26(22)30)29(17-21(5)16-28(6,7)18-29)25-9-11-27(31)23(15-25)13-20(3)4/h8-11,14-15,19-21,30-31H,12-13,16-18H2,1-7H3. The topological polar surface area (TPSA) is 40.5 Å². The fraction of sp³-hybridized carbons (Fsp3) is 0.586. The van der Waals surface area contributed by atoms with Gasteiger partial charge in [-0.15, -0.1) is 0 Å². The van der Waals surface area contributed by atoms with Crippen molar-refractivity contribution in [2.24, 2.45) is 23.2 Å². The Morgan fingerprint density at radius 1 is 0.806 bits per heavy atom. The minimum absolute atomic E-state index is 0.111. The first-order valence-electron chi connectivity index (χ1n) is 12.1. The van der Waals surface area contributed by atoms with Gasteiger partial charge in [-0.25, -0.2) is 0 Å². The molecule has 2 nitrogen and oxygen atoms in total. The smallest absolute Gasteiger partial charge is 0.118 e. The van der Waals surface area contributed by atoms with Gasteiger partial charge in [0.1, 0.15) is 11.5 Å². The highest BCUT2D eigenvalue weighted by atomic mass is 16.3. The van der Waals surface area contributed by atoms with Crippen molar-refractivity contribution in [1.29, 1.82) is 0 Å². The summed E-state index contributed by atoms with van der Waals surface area (Å²) in [5.74, 6) is 2.40. The maximum absolute atomic E-state index is 10.5. The lowest BCUT2D eigenvalue weighted by Crippen LogP contribution is -2.41. The Kier molecular flexibility index (Phi) is 6.79. The number of phenolic OH excluding ortho intramolecular Hbond substituents is 2. The first-order chi connectivity index (χ1) is 14.4. The molecule has 0 amide bonds. The van der Waals surface area contributed by atoms with Crippen LogP contribution in [0.4, 0.5) is 0 Å². The van der Waals surface area contributed by atoms with Gasteiger partial charge in [0.25, 0.3) is 0 Å². The third kappa shape index (κ3) is 5.27. The Morgan fingerprint density at radius 3 is 1.65 bits per heavy atom. The molecular formula is C29H42O2. The molecule has 1 aliphatic carbocycles. The van der Waals surface area contributed by atoms with Crippen molar-refractivity contribution in [3.63, 3.8) is 0 Å². The molecule has 0 aliphatic heterocycles. The first-order valence-corrected chi connectivity index (χ1v) is 12.1. The zero-order chi connectivity index (χ0) is 23.0. The molecule has 31 heavy (non-hydrogen) atoms. The van der Waals surface area contributed by atoms with E-state index in [2.05, 4.69) is 72.7 Å². The Labute approximate surface area is 189 Å². The highest BCUT2D eigenvalue weighted by molar-refractivity contribution is 5.49. The second kappa shape index (κ2) is 8.88. The van der Waals surface area contributed by atoms with Crippen molar-refractivity contribution in [3.8, 4) is 11.5 Å². The van der Waals surface area contributed by atoms with Gasteiger partial charge >= 0.3 is 0 Å². The summed E-state index contributed by atoms with van der Waals surface area (Å²) >= 11 is 0. The number of hydrogen-bond acceptors (Lipinski definition) is 2. The highest BCUT2D eigenvalue weighted by Crippen LogP contribution is 2.54. The van der Waals surface area contributed by atoms with Crippen LogP contribution in [0.3, 0.4) is 0 Å². The predicted octanol–water partition coefficient (Wildman–Crippen LogP) is 7.63. The predicted molar refractivity (Wildman–Crippen MR) is 131 cm³/mol. The summed E-state index contributed by atoms with van der Waals surface area (Å²) in [5, 5.41) is 21.1. The van der Waals surface area contributed by atoms with Gasteiger partial charge in [-0.3, -0.25) is 0 Å². The van der Waals surface area contributed by atoms with Crippen molar-refractivity contribution in [2.75, 3.05) is 0 Å². The van der Waals surface area contributed by atoms with E-state index in [4.69, 9.17) is 0 Å². The third-order valence-corrected chi connectivity index (χ3v) is 6.90. The van der Waals surface area contributed by atoms with Gasteiger partial charge in [-0.2, -0.15) is 0 Å². The summed E-state index contributed by atoms with van der Waals surface area (Å²) < 4.78 is 0. The first kappa shape index (κ1) is 23.7. The van der Waals surface area contributed by atoms with Crippen LogP contribution in [0.5, 0.6) is 11.5 Å². The molecule has 2 N–H and O–H groups in total. The van der Waals surface area contributed by atoms with Crippen LogP contribution < -0.4 is 0 Å². The minimum atomic E-state index is -0.111. The Balaban J connectivity index is 2.21. The SMILES string of the molecule is CC(C)Cc1cc(C2(c3ccc(O)c(CC(C)C)c3)CC(C)CC(C)(C)C2)ccc1O. The number of rotatable bonds is 6. The number of benzene rings is 2. The maximum Gasteiger partial charge on any atom is 0.118 e. The summed E-state index contributed by atoms with van der Waals surface area (Å²) in [6.07, 6.45) is 5.14. The number of aromatic hydroxyl groups is 2. The average molecular weight is 423 g/mol. The van der Waals surface area contributed by atoms with Crippen LogP contribution in [0.2, 0.25) is 0 Å². The summed E-state index contributed by atoms with van der Waals surface area (Å²) in [6, 6.07) is 12.6. The van der Waals surface area contributed by atoms with Crippen molar-refractivity contribution in [2.45, 2.75) is 86.0 Å². The summed E-state index contributed by atoms with van der Waals surface area (Å²) in [7, 11) is 0. The van der Waals surface area contributed by atoms with Crippen molar-refractivity contribution < 1.29 is 10.2 Å². The fourth-order valence-electron chi connectivity index (χ4n) is 6.15. The van der Waals surface area contributed by atoms with Crippen LogP contribution >= 0.6 is 0 Å². The molecule has 0 radical (unpaired) electrons. The van der Waals surface area contributed by atoms with Crippen molar-refractivity contribution in [1.82, 2.24) is 0 Å². The average Bonchev–Trinajstić information content (AvgIpc) is 2.62. The summed E-state index contributed by atoms with van der Waals surface area (Å²) in [4.78, 5) is 0. The van der Waals surface area contributed by atoms with Crippen molar-refractivity contribution in [3.05, 3.63) is 58.7 Å². The van der Waals surface area contributed by atoms with Gasteiger partial charge in [0.2, 0.25) is 0 Å². The van der Waals surface area contributed by atoms with Gasteiger partial charge < -0.3 is 10.2 Å². The molecule has 0 spiro atoms. The largest absolute Gasteiger partial charge is 0.508 e. The lowest BCUT2D eigenvalue weighted by atomic mass is 9.55. The molecule has 1 atom stereocenters. The Hall–Kier alpha value is -1.96. The third-order valence-electron chi connectivity index (χ3n) is 6.90. The van der Waals surface area contributed by atoms with Crippen LogP contribution in [0.1, 0.15) is 90.0 Å². The van der Waals surface area contributed by atoms with E-state index in [1.807, 2.05) is 12.1 Å². The van der Waals surface area contributed by atoms with E-state index in [1.165, 1.54) is 17.5 Å². The molecule has 2 heteroatoms. The summed E-state index contributed by atoms with van der Waals surface area (Å²) in [5.41, 5.74) is 4.82. The van der Waals surface area contributed by atoms with Gasteiger partial charge in [-0.05, 0) is 89.7 Å². The second-order valence-corrected chi connectivity index (χ2v) is 11.8. The molecule has 0 heterocycles. The number of phenols is 2. The molecule has 170 valence electrons. The maximum atomic E-state index is 10.5. The van der Waals surface area contributed by atoms with Crippen LogP contribution in [-0.4, -0.2) is 10.2 Å². The molecule has 2 aromatic rings. The summed E-state index contributed by atoms with van der Waals surface area (Å²) in [6.45, 7) is 16.0. The van der Waals surface area contributed by atoms with Crippen molar-refractivity contribution >= 4 is 0 Å².